The molecule has 5 nitrogen and oxygen atoms in total. The summed E-state index contributed by atoms with van der Waals surface area (Å²) in [6.45, 7) is 6.09. The standard InChI is InChI=1S/C24H27NO4/c1-4-7-14-19-20(22(27)17-12-9-13-18(26)23(17)29-19)24(28)25-21-15(5-2)10-8-11-16(21)6-3/h8-13,26H,4-7,14H2,1-3H3,(H,25,28). The summed E-state index contributed by atoms with van der Waals surface area (Å²) in [5.41, 5.74) is 2.54. The Morgan fingerprint density at radius 2 is 1.69 bits per heavy atom. The van der Waals surface area contributed by atoms with Crippen molar-refractivity contribution in [2.45, 2.75) is 52.9 Å². The molecular formula is C24H27NO4. The van der Waals surface area contributed by atoms with Crippen molar-refractivity contribution in [3.63, 3.8) is 0 Å². The van der Waals surface area contributed by atoms with E-state index in [9.17, 15) is 14.7 Å². The van der Waals surface area contributed by atoms with Gasteiger partial charge in [-0.15, -0.1) is 0 Å². The Hall–Kier alpha value is -3.08. The monoisotopic (exact) mass is 393 g/mol. The number of benzene rings is 2. The number of nitrogens with one attached hydrogen (secondary N) is 1. The number of carbonyl (C=O) groups excluding carboxylic acids is 1. The van der Waals surface area contributed by atoms with E-state index in [1.165, 1.54) is 6.07 Å². The predicted molar refractivity (Wildman–Crippen MR) is 116 cm³/mol. The molecule has 0 aliphatic carbocycles. The van der Waals surface area contributed by atoms with Crippen molar-refractivity contribution < 1.29 is 14.3 Å². The first kappa shape index (κ1) is 20.6. The third-order valence-electron chi connectivity index (χ3n) is 5.19. The summed E-state index contributed by atoms with van der Waals surface area (Å²) < 4.78 is 5.87. The maximum atomic E-state index is 13.3. The quantitative estimate of drug-likeness (QED) is 0.577. The Morgan fingerprint density at radius 1 is 1.03 bits per heavy atom. The largest absolute Gasteiger partial charge is 0.504 e. The van der Waals surface area contributed by atoms with Crippen molar-refractivity contribution in [3.05, 3.63) is 69.1 Å². The Morgan fingerprint density at radius 3 is 2.31 bits per heavy atom. The number of aromatic hydroxyl groups is 1. The van der Waals surface area contributed by atoms with Gasteiger partial charge < -0.3 is 14.8 Å². The molecule has 0 spiro atoms. The first-order chi connectivity index (χ1) is 14.0. The van der Waals surface area contributed by atoms with Gasteiger partial charge in [0.25, 0.3) is 5.91 Å². The van der Waals surface area contributed by atoms with Gasteiger partial charge in [0.05, 0.1) is 5.39 Å². The minimum absolute atomic E-state index is 0.0181. The van der Waals surface area contributed by atoms with Crippen molar-refractivity contribution in [1.29, 1.82) is 0 Å². The highest BCUT2D eigenvalue weighted by Gasteiger charge is 2.23. The Kier molecular flexibility index (Phi) is 6.37. The van der Waals surface area contributed by atoms with Crippen LogP contribution in [0.15, 0.2) is 45.6 Å². The van der Waals surface area contributed by atoms with E-state index in [4.69, 9.17) is 4.42 Å². The second-order valence-corrected chi connectivity index (χ2v) is 7.10. The van der Waals surface area contributed by atoms with Crippen molar-refractivity contribution in [1.82, 2.24) is 0 Å². The molecule has 3 rings (SSSR count). The number of phenols is 1. The molecule has 1 amide bonds. The molecule has 2 N–H and O–H groups in total. The Balaban J connectivity index is 2.15. The summed E-state index contributed by atoms with van der Waals surface area (Å²) in [6, 6.07) is 10.6. The van der Waals surface area contributed by atoms with E-state index in [0.29, 0.717) is 12.2 Å². The van der Waals surface area contributed by atoms with Crippen LogP contribution in [-0.4, -0.2) is 11.0 Å². The maximum Gasteiger partial charge on any atom is 0.263 e. The van der Waals surface area contributed by atoms with Gasteiger partial charge in [0, 0.05) is 12.1 Å². The van der Waals surface area contributed by atoms with Crippen LogP contribution in [0.25, 0.3) is 11.0 Å². The SMILES string of the molecule is CCCCc1oc2c(O)cccc2c(=O)c1C(=O)Nc1c(CC)cccc1CC. The second kappa shape index (κ2) is 8.95. The number of hydrogen-bond acceptors (Lipinski definition) is 4. The van der Waals surface area contributed by atoms with Gasteiger partial charge in [-0.3, -0.25) is 9.59 Å². The number of hydrogen-bond donors (Lipinski definition) is 2. The highest BCUT2D eigenvalue weighted by atomic mass is 16.4. The van der Waals surface area contributed by atoms with Gasteiger partial charge >= 0.3 is 0 Å². The number of unbranched alkanes of at least 4 members (excludes halogenated alkanes) is 1. The van der Waals surface area contributed by atoms with Crippen LogP contribution in [0, 0.1) is 0 Å². The summed E-state index contributed by atoms with van der Waals surface area (Å²) in [4.78, 5) is 26.4. The molecule has 3 aromatic rings. The van der Waals surface area contributed by atoms with E-state index in [0.717, 1.165) is 42.5 Å². The van der Waals surface area contributed by atoms with E-state index in [-0.39, 0.29) is 22.3 Å². The third-order valence-corrected chi connectivity index (χ3v) is 5.19. The van der Waals surface area contributed by atoms with Crippen molar-refractivity contribution in [3.8, 4) is 5.75 Å². The molecule has 5 heteroatoms. The summed E-state index contributed by atoms with van der Waals surface area (Å²) in [5, 5.41) is 13.3. The summed E-state index contributed by atoms with van der Waals surface area (Å²) in [5.74, 6) is -0.255. The van der Waals surface area contributed by atoms with Gasteiger partial charge in [-0.2, -0.15) is 0 Å². The molecule has 0 saturated carbocycles. The zero-order valence-electron chi connectivity index (χ0n) is 17.2. The van der Waals surface area contributed by atoms with Gasteiger partial charge in [-0.25, -0.2) is 0 Å². The number of fused-ring (bicyclic) bond motifs is 1. The Labute approximate surface area is 170 Å². The fourth-order valence-corrected chi connectivity index (χ4v) is 3.57. The number of anilines is 1. The van der Waals surface area contributed by atoms with Gasteiger partial charge in [0.1, 0.15) is 11.3 Å². The number of phenolic OH excluding ortho intramolecular Hbond substituents is 1. The van der Waals surface area contributed by atoms with E-state index in [2.05, 4.69) is 5.32 Å². The number of carbonyl (C=O) groups is 1. The third kappa shape index (κ3) is 4.04. The normalized spacial score (nSPS) is 11.0. The molecule has 0 unspecified atom stereocenters. The molecule has 0 atom stereocenters. The van der Waals surface area contributed by atoms with Crippen molar-refractivity contribution >= 4 is 22.6 Å². The molecule has 0 aliphatic rings. The Bertz CT molecular complexity index is 1080. The smallest absolute Gasteiger partial charge is 0.263 e. The molecule has 0 aliphatic heterocycles. The van der Waals surface area contributed by atoms with Crippen LogP contribution < -0.4 is 10.7 Å². The first-order valence-corrected chi connectivity index (χ1v) is 10.2. The van der Waals surface area contributed by atoms with Crippen LogP contribution in [0.5, 0.6) is 5.75 Å². The van der Waals surface area contributed by atoms with E-state index in [1.54, 1.807) is 12.1 Å². The first-order valence-electron chi connectivity index (χ1n) is 10.2. The minimum atomic E-state index is -0.467. The van der Waals surface area contributed by atoms with Gasteiger partial charge in [-0.05, 0) is 42.5 Å². The minimum Gasteiger partial charge on any atom is -0.504 e. The lowest BCUT2D eigenvalue weighted by molar-refractivity contribution is 0.102. The van der Waals surface area contributed by atoms with Crippen molar-refractivity contribution in [2.24, 2.45) is 0 Å². The number of amides is 1. The molecule has 2 aromatic carbocycles. The second-order valence-electron chi connectivity index (χ2n) is 7.10. The summed E-state index contributed by atoms with van der Waals surface area (Å²) in [6.07, 6.45) is 3.66. The van der Waals surface area contributed by atoms with Gasteiger partial charge in [-0.1, -0.05) is 51.5 Å². The average molecular weight is 393 g/mol. The van der Waals surface area contributed by atoms with Crippen LogP contribution in [-0.2, 0) is 19.3 Å². The fraction of sp³-hybridized carbons (Fsp3) is 0.333. The van der Waals surface area contributed by atoms with E-state index >= 15 is 0 Å². The number of para-hydroxylation sites is 2. The lowest BCUT2D eigenvalue weighted by Crippen LogP contribution is -2.25. The number of rotatable bonds is 7. The summed E-state index contributed by atoms with van der Waals surface area (Å²) >= 11 is 0. The molecule has 0 fully saturated rings. The van der Waals surface area contributed by atoms with Crippen LogP contribution in [0.4, 0.5) is 5.69 Å². The molecule has 0 saturated heterocycles. The molecule has 152 valence electrons. The molecule has 0 radical (unpaired) electrons. The van der Waals surface area contributed by atoms with Gasteiger partial charge in [0.2, 0.25) is 5.43 Å². The lowest BCUT2D eigenvalue weighted by atomic mass is 10.0. The molecule has 1 aromatic heterocycles. The average Bonchev–Trinajstić information content (AvgIpc) is 2.73. The topological polar surface area (TPSA) is 79.5 Å². The lowest BCUT2D eigenvalue weighted by Gasteiger charge is -2.16. The van der Waals surface area contributed by atoms with Crippen molar-refractivity contribution in [2.75, 3.05) is 5.32 Å². The van der Waals surface area contributed by atoms with Crippen LogP contribution in [0.3, 0.4) is 0 Å². The molecule has 0 bridgehead atoms. The fourth-order valence-electron chi connectivity index (χ4n) is 3.57. The van der Waals surface area contributed by atoms with E-state index in [1.807, 2.05) is 39.0 Å². The highest BCUT2D eigenvalue weighted by molar-refractivity contribution is 6.07. The maximum absolute atomic E-state index is 13.3. The highest BCUT2D eigenvalue weighted by Crippen LogP contribution is 2.27. The zero-order valence-corrected chi connectivity index (χ0v) is 17.2. The zero-order chi connectivity index (χ0) is 21.0. The molecule has 1 heterocycles. The van der Waals surface area contributed by atoms with Crippen LogP contribution in [0.2, 0.25) is 0 Å². The summed E-state index contributed by atoms with van der Waals surface area (Å²) in [7, 11) is 0. The predicted octanol–water partition coefficient (Wildman–Crippen LogP) is 5.22. The molecular weight excluding hydrogens is 366 g/mol. The van der Waals surface area contributed by atoms with E-state index < -0.39 is 11.3 Å². The van der Waals surface area contributed by atoms with Crippen LogP contribution >= 0.6 is 0 Å². The number of aryl methyl sites for hydroxylation is 3. The van der Waals surface area contributed by atoms with Gasteiger partial charge in [0.15, 0.2) is 11.3 Å². The van der Waals surface area contributed by atoms with Crippen LogP contribution in [0.1, 0.15) is 60.9 Å². The molecule has 29 heavy (non-hydrogen) atoms.